The van der Waals surface area contributed by atoms with Gasteiger partial charge < -0.3 is 0 Å². The van der Waals surface area contributed by atoms with Crippen LogP contribution in [0.5, 0.6) is 0 Å². The SMILES string of the molecule is Cc1ccc(S(=O)(=O)Nc2ccc(-c3ccn[nH]3)cc2)cc1. The monoisotopic (exact) mass is 313 g/mol. The van der Waals surface area contributed by atoms with E-state index in [0.29, 0.717) is 5.69 Å². The number of hydrogen-bond donors (Lipinski definition) is 2. The molecule has 1 heterocycles. The molecule has 0 aliphatic rings. The normalized spacial score (nSPS) is 11.3. The molecule has 2 N–H and O–H groups in total. The number of aryl methyl sites for hydroxylation is 1. The maximum Gasteiger partial charge on any atom is 0.261 e. The molecule has 0 atom stereocenters. The quantitative estimate of drug-likeness (QED) is 0.777. The van der Waals surface area contributed by atoms with E-state index >= 15 is 0 Å². The van der Waals surface area contributed by atoms with Crippen LogP contribution in [0.2, 0.25) is 0 Å². The molecule has 0 amide bonds. The number of aromatic amines is 1. The van der Waals surface area contributed by atoms with Crippen molar-refractivity contribution in [2.75, 3.05) is 4.72 Å². The van der Waals surface area contributed by atoms with Crippen LogP contribution in [0.4, 0.5) is 5.69 Å². The minimum atomic E-state index is -3.57. The summed E-state index contributed by atoms with van der Waals surface area (Å²) in [6, 6.07) is 15.7. The summed E-state index contributed by atoms with van der Waals surface area (Å²) < 4.78 is 27.2. The second-order valence-corrected chi connectivity index (χ2v) is 6.65. The highest BCUT2D eigenvalue weighted by atomic mass is 32.2. The van der Waals surface area contributed by atoms with Gasteiger partial charge in [0.05, 0.1) is 10.6 Å². The van der Waals surface area contributed by atoms with Gasteiger partial charge in [0.15, 0.2) is 0 Å². The van der Waals surface area contributed by atoms with Crippen LogP contribution in [-0.4, -0.2) is 18.6 Å². The van der Waals surface area contributed by atoms with Crippen LogP contribution in [0.1, 0.15) is 5.56 Å². The molecule has 0 aliphatic heterocycles. The predicted octanol–water partition coefficient (Wildman–Crippen LogP) is 3.19. The predicted molar refractivity (Wildman–Crippen MR) is 86.0 cm³/mol. The Hall–Kier alpha value is -2.60. The fraction of sp³-hybridized carbons (Fsp3) is 0.0625. The van der Waals surface area contributed by atoms with E-state index in [9.17, 15) is 8.42 Å². The van der Waals surface area contributed by atoms with E-state index < -0.39 is 10.0 Å². The van der Waals surface area contributed by atoms with Crippen LogP contribution < -0.4 is 4.72 Å². The van der Waals surface area contributed by atoms with Gasteiger partial charge in [-0.2, -0.15) is 5.10 Å². The Morgan fingerprint density at radius 2 is 1.64 bits per heavy atom. The van der Waals surface area contributed by atoms with E-state index in [1.807, 2.05) is 25.1 Å². The van der Waals surface area contributed by atoms with Crippen molar-refractivity contribution in [1.82, 2.24) is 10.2 Å². The molecule has 0 unspecified atom stereocenters. The van der Waals surface area contributed by atoms with Gasteiger partial charge in [0, 0.05) is 11.9 Å². The second kappa shape index (κ2) is 5.65. The Labute approximate surface area is 129 Å². The van der Waals surface area contributed by atoms with E-state index in [0.717, 1.165) is 16.8 Å². The molecule has 0 saturated carbocycles. The first kappa shape index (κ1) is 14.3. The molecule has 0 radical (unpaired) electrons. The highest BCUT2D eigenvalue weighted by Gasteiger charge is 2.13. The van der Waals surface area contributed by atoms with Crippen LogP contribution in [0, 0.1) is 6.92 Å². The minimum absolute atomic E-state index is 0.246. The summed E-state index contributed by atoms with van der Waals surface area (Å²) in [5.74, 6) is 0. The molecule has 6 heteroatoms. The number of rotatable bonds is 4. The van der Waals surface area contributed by atoms with E-state index in [1.165, 1.54) is 0 Å². The zero-order chi connectivity index (χ0) is 15.6. The summed E-state index contributed by atoms with van der Waals surface area (Å²) in [6.07, 6.45) is 1.67. The van der Waals surface area contributed by atoms with Crippen molar-refractivity contribution in [1.29, 1.82) is 0 Å². The lowest BCUT2D eigenvalue weighted by Gasteiger charge is -2.09. The van der Waals surface area contributed by atoms with Crippen LogP contribution >= 0.6 is 0 Å². The zero-order valence-electron chi connectivity index (χ0n) is 11.9. The van der Waals surface area contributed by atoms with Crippen molar-refractivity contribution in [3.05, 3.63) is 66.4 Å². The van der Waals surface area contributed by atoms with E-state index in [-0.39, 0.29) is 4.90 Å². The summed E-state index contributed by atoms with van der Waals surface area (Å²) in [6.45, 7) is 1.91. The standard InChI is InChI=1S/C16H15N3O2S/c1-12-2-8-15(9-3-12)22(20,21)19-14-6-4-13(5-7-14)16-10-11-17-18-16/h2-11,19H,1H3,(H,17,18). The Balaban J connectivity index is 1.82. The number of benzene rings is 2. The van der Waals surface area contributed by atoms with Crippen molar-refractivity contribution >= 4 is 15.7 Å². The third-order valence-corrected chi connectivity index (χ3v) is 4.68. The Kier molecular flexibility index (Phi) is 3.68. The van der Waals surface area contributed by atoms with Gasteiger partial charge in [0.2, 0.25) is 0 Å². The summed E-state index contributed by atoms with van der Waals surface area (Å²) >= 11 is 0. The number of anilines is 1. The van der Waals surface area contributed by atoms with Crippen molar-refractivity contribution in [3.8, 4) is 11.3 Å². The molecule has 2 aromatic carbocycles. The topological polar surface area (TPSA) is 74.8 Å². The van der Waals surface area contributed by atoms with E-state index in [4.69, 9.17) is 0 Å². The average molecular weight is 313 g/mol. The van der Waals surface area contributed by atoms with Gasteiger partial charge >= 0.3 is 0 Å². The van der Waals surface area contributed by atoms with E-state index in [1.54, 1.807) is 42.6 Å². The molecule has 0 fully saturated rings. The molecule has 22 heavy (non-hydrogen) atoms. The lowest BCUT2D eigenvalue weighted by atomic mass is 10.1. The van der Waals surface area contributed by atoms with Crippen LogP contribution in [-0.2, 0) is 10.0 Å². The summed E-state index contributed by atoms with van der Waals surface area (Å²) in [7, 11) is -3.57. The molecule has 5 nitrogen and oxygen atoms in total. The zero-order valence-corrected chi connectivity index (χ0v) is 12.8. The Morgan fingerprint density at radius 1 is 0.955 bits per heavy atom. The molecule has 0 aliphatic carbocycles. The van der Waals surface area contributed by atoms with Gasteiger partial charge in [-0.25, -0.2) is 8.42 Å². The maximum absolute atomic E-state index is 12.3. The maximum atomic E-state index is 12.3. The Bertz CT molecular complexity index is 853. The lowest BCUT2D eigenvalue weighted by Crippen LogP contribution is -2.12. The number of hydrogen-bond acceptors (Lipinski definition) is 3. The van der Waals surface area contributed by atoms with E-state index in [2.05, 4.69) is 14.9 Å². The third kappa shape index (κ3) is 3.01. The molecular weight excluding hydrogens is 298 g/mol. The number of nitrogens with zero attached hydrogens (tertiary/aromatic N) is 1. The van der Waals surface area contributed by atoms with Crippen LogP contribution in [0.15, 0.2) is 65.7 Å². The second-order valence-electron chi connectivity index (χ2n) is 4.97. The van der Waals surface area contributed by atoms with Crippen LogP contribution in [0.3, 0.4) is 0 Å². The fourth-order valence-electron chi connectivity index (χ4n) is 2.07. The molecule has 0 bridgehead atoms. The Morgan fingerprint density at radius 3 is 2.23 bits per heavy atom. The summed E-state index contributed by atoms with van der Waals surface area (Å²) in [5.41, 5.74) is 3.36. The van der Waals surface area contributed by atoms with Gasteiger partial charge in [0.25, 0.3) is 10.0 Å². The number of aromatic nitrogens is 2. The number of sulfonamides is 1. The highest BCUT2D eigenvalue weighted by Crippen LogP contribution is 2.21. The van der Waals surface area contributed by atoms with Crippen molar-refractivity contribution < 1.29 is 8.42 Å². The molecule has 0 spiro atoms. The van der Waals surface area contributed by atoms with Crippen molar-refractivity contribution in [2.45, 2.75) is 11.8 Å². The highest BCUT2D eigenvalue weighted by molar-refractivity contribution is 7.92. The number of nitrogens with one attached hydrogen (secondary N) is 2. The van der Waals surface area contributed by atoms with Crippen LogP contribution in [0.25, 0.3) is 11.3 Å². The number of H-pyrrole nitrogens is 1. The van der Waals surface area contributed by atoms with Gasteiger partial charge in [-0.1, -0.05) is 29.8 Å². The first-order chi connectivity index (χ1) is 10.5. The lowest BCUT2D eigenvalue weighted by molar-refractivity contribution is 0.601. The molecule has 112 valence electrons. The summed E-state index contributed by atoms with van der Waals surface area (Å²) in [5, 5.41) is 6.75. The minimum Gasteiger partial charge on any atom is -0.280 e. The molecule has 3 rings (SSSR count). The first-order valence-corrected chi connectivity index (χ1v) is 8.22. The van der Waals surface area contributed by atoms with Gasteiger partial charge in [-0.05, 0) is 42.8 Å². The fourth-order valence-corrected chi connectivity index (χ4v) is 3.12. The summed E-state index contributed by atoms with van der Waals surface area (Å²) in [4.78, 5) is 0.246. The smallest absolute Gasteiger partial charge is 0.261 e. The van der Waals surface area contributed by atoms with Crippen molar-refractivity contribution in [3.63, 3.8) is 0 Å². The van der Waals surface area contributed by atoms with Crippen molar-refractivity contribution in [2.24, 2.45) is 0 Å². The third-order valence-electron chi connectivity index (χ3n) is 3.28. The largest absolute Gasteiger partial charge is 0.280 e. The van der Waals surface area contributed by atoms with Gasteiger partial charge in [0.1, 0.15) is 0 Å². The molecule has 1 aromatic heterocycles. The molecular formula is C16H15N3O2S. The molecule has 0 saturated heterocycles. The van der Waals surface area contributed by atoms with Gasteiger partial charge in [-0.3, -0.25) is 9.82 Å². The van der Waals surface area contributed by atoms with Gasteiger partial charge in [-0.15, -0.1) is 0 Å². The molecule has 3 aromatic rings. The first-order valence-electron chi connectivity index (χ1n) is 6.74. The average Bonchev–Trinajstić information content (AvgIpc) is 3.02.